The van der Waals surface area contributed by atoms with Crippen molar-refractivity contribution in [3.8, 4) is 0 Å². The molecule has 106 valence electrons. The lowest BCUT2D eigenvalue weighted by Gasteiger charge is -2.08. The van der Waals surface area contributed by atoms with Crippen molar-refractivity contribution in [2.24, 2.45) is 7.05 Å². The molecule has 0 saturated heterocycles. The summed E-state index contributed by atoms with van der Waals surface area (Å²) >= 11 is 1.37. The van der Waals surface area contributed by atoms with Crippen LogP contribution in [0.25, 0.3) is 0 Å². The maximum absolute atomic E-state index is 11.8. The summed E-state index contributed by atoms with van der Waals surface area (Å²) in [6.45, 7) is 4.47. The van der Waals surface area contributed by atoms with Gasteiger partial charge in [0.1, 0.15) is 6.33 Å². The van der Waals surface area contributed by atoms with Crippen LogP contribution in [0.1, 0.15) is 16.8 Å². The first-order valence-corrected chi connectivity index (χ1v) is 7.20. The van der Waals surface area contributed by atoms with E-state index in [4.69, 9.17) is 0 Å². The Morgan fingerprint density at radius 1 is 1.45 bits per heavy atom. The summed E-state index contributed by atoms with van der Waals surface area (Å²) in [5.41, 5.74) is 3.15. The van der Waals surface area contributed by atoms with E-state index in [1.807, 2.05) is 27.0 Å². The van der Waals surface area contributed by atoms with Crippen molar-refractivity contribution < 1.29 is 4.79 Å². The normalized spacial score (nSPS) is 10.6. The van der Waals surface area contributed by atoms with Crippen molar-refractivity contribution in [2.45, 2.75) is 25.5 Å². The second kappa shape index (κ2) is 6.51. The molecule has 0 unspecified atom stereocenters. The van der Waals surface area contributed by atoms with E-state index in [0.717, 1.165) is 22.0 Å². The summed E-state index contributed by atoms with van der Waals surface area (Å²) in [7, 11) is 1.85. The third-order valence-electron chi connectivity index (χ3n) is 2.83. The molecule has 2 heterocycles. The molecule has 20 heavy (non-hydrogen) atoms. The van der Waals surface area contributed by atoms with Crippen LogP contribution in [0.4, 0.5) is 0 Å². The third-order valence-corrected chi connectivity index (χ3v) is 3.87. The lowest BCUT2D eigenvalue weighted by Crippen LogP contribution is -2.25. The molecular formula is C13H17N5OS. The highest BCUT2D eigenvalue weighted by atomic mass is 32.2. The lowest BCUT2D eigenvalue weighted by molar-refractivity contribution is -0.118. The van der Waals surface area contributed by atoms with E-state index in [-0.39, 0.29) is 5.91 Å². The standard InChI is InChI=1S/C13H17N5OS/c1-9-4-10(2)14-5-11(9)6-15-12(19)7-20-13-17-16-8-18(13)3/h4-5,8H,6-7H2,1-3H3,(H,15,19). The number of hydrogen-bond donors (Lipinski definition) is 1. The first-order valence-electron chi connectivity index (χ1n) is 6.22. The van der Waals surface area contributed by atoms with Crippen LogP contribution in [0.5, 0.6) is 0 Å². The quantitative estimate of drug-likeness (QED) is 0.839. The minimum atomic E-state index is -0.0297. The van der Waals surface area contributed by atoms with Crippen molar-refractivity contribution in [3.63, 3.8) is 0 Å². The highest BCUT2D eigenvalue weighted by Gasteiger charge is 2.07. The number of carbonyl (C=O) groups excluding carboxylic acids is 1. The maximum atomic E-state index is 11.8. The molecular weight excluding hydrogens is 274 g/mol. The van der Waals surface area contributed by atoms with Gasteiger partial charge in [-0.2, -0.15) is 0 Å². The Hall–Kier alpha value is -1.89. The smallest absolute Gasteiger partial charge is 0.230 e. The van der Waals surface area contributed by atoms with E-state index in [2.05, 4.69) is 20.5 Å². The van der Waals surface area contributed by atoms with Gasteiger partial charge in [0.15, 0.2) is 5.16 Å². The molecule has 0 aliphatic carbocycles. The number of thioether (sulfide) groups is 1. The number of carbonyl (C=O) groups is 1. The van der Waals surface area contributed by atoms with Gasteiger partial charge in [0.05, 0.1) is 5.75 Å². The molecule has 0 aromatic carbocycles. The topological polar surface area (TPSA) is 72.7 Å². The monoisotopic (exact) mass is 291 g/mol. The first-order chi connectivity index (χ1) is 9.56. The molecule has 0 saturated carbocycles. The molecule has 0 spiro atoms. The van der Waals surface area contributed by atoms with Crippen molar-refractivity contribution in [3.05, 3.63) is 35.4 Å². The second-order valence-electron chi connectivity index (χ2n) is 4.54. The minimum Gasteiger partial charge on any atom is -0.351 e. The first kappa shape index (κ1) is 14.5. The van der Waals surface area contributed by atoms with Crippen LogP contribution in [0, 0.1) is 13.8 Å². The van der Waals surface area contributed by atoms with Gasteiger partial charge in [-0.15, -0.1) is 10.2 Å². The van der Waals surface area contributed by atoms with E-state index in [0.29, 0.717) is 12.3 Å². The third kappa shape index (κ3) is 3.80. The molecule has 0 aliphatic rings. The number of nitrogens with zero attached hydrogens (tertiary/aromatic N) is 4. The number of nitrogens with one attached hydrogen (secondary N) is 1. The molecule has 2 aromatic rings. The van der Waals surface area contributed by atoms with E-state index < -0.39 is 0 Å². The second-order valence-corrected chi connectivity index (χ2v) is 5.48. The fraction of sp³-hybridized carbons (Fsp3) is 0.385. The predicted molar refractivity (Wildman–Crippen MR) is 77.3 cm³/mol. The van der Waals surface area contributed by atoms with Gasteiger partial charge in [0, 0.05) is 25.5 Å². The Labute approximate surface area is 122 Å². The maximum Gasteiger partial charge on any atom is 0.230 e. The van der Waals surface area contributed by atoms with Crippen LogP contribution in [-0.4, -0.2) is 31.4 Å². The molecule has 0 fully saturated rings. The zero-order chi connectivity index (χ0) is 14.5. The van der Waals surface area contributed by atoms with E-state index >= 15 is 0 Å². The summed E-state index contributed by atoms with van der Waals surface area (Å²) < 4.78 is 1.78. The molecule has 0 radical (unpaired) electrons. The number of rotatable bonds is 5. The van der Waals surface area contributed by atoms with Crippen LogP contribution < -0.4 is 5.32 Å². The average Bonchev–Trinajstić information content (AvgIpc) is 2.81. The zero-order valence-electron chi connectivity index (χ0n) is 11.8. The Kier molecular flexibility index (Phi) is 4.73. The van der Waals surface area contributed by atoms with E-state index in [9.17, 15) is 4.79 Å². The molecule has 0 bridgehead atoms. The number of aryl methyl sites for hydroxylation is 3. The van der Waals surface area contributed by atoms with Gasteiger partial charge in [-0.3, -0.25) is 9.78 Å². The molecule has 7 heteroatoms. The number of hydrogen-bond acceptors (Lipinski definition) is 5. The Morgan fingerprint density at radius 2 is 2.25 bits per heavy atom. The number of amides is 1. The summed E-state index contributed by atoms with van der Waals surface area (Å²) in [5, 5.41) is 11.3. The Bertz CT molecular complexity index is 611. The summed E-state index contributed by atoms with van der Waals surface area (Å²) in [6.07, 6.45) is 3.42. The average molecular weight is 291 g/mol. The summed E-state index contributed by atoms with van der Waals surface area (Å²) in [4.78, 5) is 16.0. The molecule has 2 rings (SSSR count). The highest BCUT2D eigenvalue weighted by molar-refractivity contribution is 7.99. The van der Waals surface area contributed by atoms with Gasteiger partial charge < -0.3 is 9.88 Å². The molecule has 1 amide bonds. The highest BCUT2D eigenvalue weighted by Crippen LogP contribution is 2.13. The summed E-state index contributed by atoms with van der Waals surface area (Å²) in [5.74, 6) is 0.295. The SMILES string of the molecule is Cc1cc(C)c(CNC(=O)CSc2nncn2C)cn1. The van der Waals surface area contributed by atoms with Crippen LogP contribution in [-0.2, 0) is 18.4 Å². The van der Waals surface area contributed by atoms with Crippen molar-refractivity contribution >= 4 is 17.7 Å². The zero-order valence-corrected chi connectivity index (χ0v) is 12.6. The molecule has 2 aromatic heterocycles. The number of pyridine rings is 1. The Morgan fingerprint density at radius 3 is 2.90 bits per heavy atom. The van der Waals surface area contributed by atoms with Gasteiger partial charge in [0.2, 0.25) is 5.91 Å². The van der Waals surface area contributed by atoms with Gasteiger partial charge >= 0.3 is 0 Å². The van der Waals surface area contributed by atoms with E-state index in [1.54, 1.807) is 17.1 Å². The van der Waals surface area contributed by atoms with Crippen LogP contribution in [0.15, 0.2) is 23.7 Å². The molecule has 0 atom stereocenters. The predicted octanol–water partition coefficient (Wildman–Crippen LogP) is 1.24. The molecule has 6 nitrogen and oxygen atoms in total. The van der Waals surface area contributed by atoms with Gasteiger partial charge in [0.25, 0.3) is 0 Å². The van der Waals surface area contributed by atoms with Gasteiger partial charge in [-0.1, -0.05) is 11.8 Å². The fourth-order valence-electron chi connectivity index (χ4n) is 1.69. The summed E-state index contributed by atoms with van der Waals surface area (Å²) in [6, 6.07) is 2.01. The largest absolute Gasteiger partial charge is 0.351 e. The lowest BCUT2D eigenvalue weighted by atomic mass is 10.1. The van der Waals surface area contributed by atoms with E-state index in [1.165, 1.54) is 11.8 Å². The molecule has 0 aliphatic heterocycles. The van der Waals surface area contributed by atoms with Crippen LogP contribution in [0.2, 0.25) is 0 Å². The fourth-order valence-corrected chi connectivity index (χ4v) is 2.41. The van der Waals surface area contributed by atoms with Crippen molar-refractivity contribution in [1.29, 1.82) is 0 Å². The number of aromatic nitrogens is 4. The minimum absolute atomic E-state index is 0.0297. The van der Waals surface area contributed by atoms with Gasteiger partial charge in [-0.05, 0) is 31.0 Å². The van der Waals surface area contributed by atoms with Crippen LogP contribution >= 0.6 is 11.8 Å². The van der Waals surface area contributed by atoms with Crippen molar-refractivity contribution in [1.82, 2.24) is 25.1 Å². The van der Waals surface area contributed by atoms with Crippen LogP contribution in [0.3, 0.4) is 0 Å². The Balaban J connectivity index is 1.82. The van der Waals surface area contributed by atoms with Gasteiger partial charge in [-0.25, -0.2) is 0 Å². The van der Waals surface area contributed by atoms with Crippen molar-refractivity contribution in [2.75, 3.05) is 5.75 Å². The molecule has 1 N–H and O–H groups in total.